The minimum absolute atomic E-state index is 0.640. The second-order valence-corrected chi connectivity index (χ2v) is 5.28. The molecule has 1 saturated heterocycles. The van der Waals surface area contributed by atoms with Gasteiger partial charge in [-0.15, -0.1) is 0 Å². The Morgan fingerprint density at radius 2 is 2.44 bits per heavy atom. The maximum atomic E-state index is 4.25. The molecule has 5 heteroatoms. The molecule has 1 unspecified atom stereocenters. The summed E-state index contributed by atoms with van der Waals surface area (Å²) in [6, 6.07) is 0.640. The molecule has 2 heterocycles. The molecular weight excluding hydrogens is 268 g/mol. The van der Waals surface area contributed by atoms with Gasteiger partial charge in [0.2, 0.25) is 0 Å². The number of aromatic nitrogens is 2. The number of rotatable bonds is 3. The molecule has 0 spiro atoms. The van der Waals surface area contributed by atoms with E-state index in [-0.39, 0.29) is 0 Å². The molecular formula is C11H19BrN4. The van der Waals surface area contributed by atoms with Gasteiger partial charge in [0.05, 0.1) is 16.4 Å². The van der Waals surface area contributed by atoms with Crippen LogP contribution in [0.5, 0.6) is 0 Å². The Morgan fingerprint density at radius 3 is 3.06 bits per heavy atom. The Morgan fingerprint density at radius 1 is 1.62 bits per heavy atom. The molecule has 0 amide bonds. The van der Waals surface area contributed by atoms with Crippen molar-refractivity contribution in [3.8, 4) is 0 Å². The van der Waals surface area contributed by atoms with Crippen LogP contribution in [-0.4, -0.2) is 40.9 Å². The number of likely N-dealkylation sites (N-methyl/N-ethyl adjacent to an activating group) is 1. The first-order valence-electron chi connectivity index (χ1n) is 5.76. The first-order valence-corrected chi connectivity index (χ1v) is 6.56. The fourth-order valence-electron chi connectivity index (χ4n) is 2.26. The zero-order chi connectivity index (χ0) is 11.5. The summed E-state index contributed by atoms with van der Waals surface area (Å²) in [5.74, 6) is 0. The Balaban J connectivity index is 1.99. The van der Waals surface area contributed by atoms with E-state index in [1.165, 1.54) is 25.1 Å². The van der Waals surface area contributed by atoms with Crippen molar-refractivity contribution in [1.29, 1.82) is 0 Å². The highest BCUT2D eigenvalue weighted by Crippen LogP contribution is 2.19. The molecule has 90 valence electrons. The van der Waals surface area contributed by atoms with Gasteiger partial charge in [0.25, 0.3) is 0 Å². The monoisotopic (exact) mass is 286 g/mol. The van der Waals surface area contributed by atoms with E-state index in [9.17, 15) is 0 Å². The van der Waals surface area contributed by atoms with E-state index in [0.29, 0.717) is 6.04 Å². The smallest absolute Gasteiger partial charge is 0.0663 e. The van der Waals surface area contributed by atoms with Crippen molar-refractivity contribution in [2.75, 3.05) is 20.1 Å². The van der Waals surface area contributed by atoms with Gasteiger partial charge in [-0.3, -0.25) is 9.58 Å². The van der Waals surface area contributed by atoms with Gasteiger partial charge in [-0.05, 0) is 42.4 Å². The Kier molecular flexibility index (Phi) is 4.00. The lowest BCUT2D eigenvalue weighted by molar-refractivity contribution is 0.183. The third-order valence-corrected chi connectivity index (χ3v) is 3.96. The van der Waals surface area contributed by atoms with Gasteiger partial charge >= 0.3 is 0 Å². The summed E-state index contributed by atoms with van der Waals surface area (Å²) in [5.41, 5.74) is 1.26. The standard InChI is InChI=1S/C11H19BrN4/c1-13-9-4-3-5-16(7-9)8-11-10(12)6-14-15(11)2/h6,9,13H,3-5,7-8H2,1-2H3. The van der Waals surface area contributed by atoms with Crippen LogP contribution in [0.1, 0.15) is 18.5 Å². The van der Waals surface area contributed by atoms with Crippen molar-refractivity contribution < 1.29 is 0 Å². The molecule has 4 nitrogen and oxygen atoms in total. The lowest BCUT2D eigenvalue weighted by Crippen LogP contribution is -2.44. The molecule has 0 aliphatic carbocycles. The summed E-state index contributed by atoms with van der Waals surface area (Å²) in [7, 11) is 4.05. The van der Waals surface area contributed by atoms with Crippen LogP contribution in [0.3, 0.4) is 0 Å². The van der Waals surface area contributed by atoms with Crippen molar-refractivity contribution in [3.63, 3.8) is 0 Å². The maximum absolute atomic E-state index is 4.25. The number of halogens is 1. The van der Waals surface area contributed by atoms with E-state index in [1.54, 1.807) is 0 Å². The molecule has 2 rings (SSSR count). The Hall–Kier alpha value is -0.390. The van der Waals surface area contributed by atoms with E-state index in [4.69, 9.17) is 0 Å². The average molecular weight is 287 g/mol. The average Bonchev–Trinajstić information content (AvgIpc) is 2.61. The molecule has 0 aromatic carbocycles. The van der Waals surface area contributed by atoms with Crippen LogP contribution in [0.4, 0.5) is 0 Å². The lowest BCUT2D eigenvalue weighted by atomic mass is 10.1. The zero-order valence-corrected chi connectivity index (χ0v) is 11.5. The number of aryl methyl sites for hydroxylation is 1. The molecule has 1 aromatic rings. The Labute approximate surface area is 105 Å². The van der Waals surface area contributed by atoms with Crippen molar-refractivity contribution in [2.24, 2.45) is 7.05 Å². The van der Waals surface area contributed by atoms with Gasteiger partial charge in [-0.25, -0.2) is 0 Å². The highest BCUT2D eigenvalue weighted by molar-refractivity contribution is 9.10. The third-order valence-electron chi connectivity index (χ3n) is 3.30. The van der Waals surface area contributed by atoms with Crippen molar-refractivity contribution in [1.82, 2.24) is 20.0 Å². The van der Waals surface area contributed by atoms with Crippen LogP contribution in [0.25, 0.3) is 0 Å². The maximum Gasteiger partial charge on any atom is 0.0663 e. The van der Waals surface area contributed by atoms with Crippen molar-refractivity contribution >= 4 is 15.9 Å². The Bertz CT molecular complexity index is 330. The topological polar surface area (TPSA) is 33.1 Å². The van der Waals surface area contributed by atoms with Crippen molar-refractivity contribution in [3.05, 3.63) is 16.4 Å². The first-order chi connectivity index (χ1) is 7.70. The number of piperidine rings is 1. The van der Waals surface area contributed by atoms with E-state index in [0.717, 1.165) is 17.6 Å². The van der Waals surface area contributed by atoms with E-state index < -0.39 is 0 Å². The predicted molar refractivity (Wildman–Crippen MR) is 68.3 cm³/mol. The third kappa shape index (κ3) is 2.64. The number of hydrogen-bond donors (Lipinski definition) is 1. The molecule has 1 aliphatic rings. The van der Waals surface area contributed by atoms with Gasteiger partial charge in [0.1, 0.15) is 0 Å². The fourth-order valence-corrected chi connectivity index (χ4v) is 2.73. The van der Waals surface area contributed by atoms with Gasteiger partial charge in [0, 0.05) is 26.2 Å². The normalized spacial score (nSPS) is 22.6. The number of likely N-dealkylation sites (tertiary alicyclic amines) is 1. The van der Waals surface area contributed by atoms with Crippen LogP contribution >= 0.6 is 15.9 Å². The fraction of sp³-hybridized carbons (Fsp3) is 0.727. The summed E-state index contributed by atoms with van der Waals surface area (Å²) < 4.78 is 3.06. The van der Waals surface area contributed by atoms with Crippen LogP contribution in [0.2, 0.25) is 0 Å². The van der Waals surface area contributed by atoms with E-state index in [2.05, 4.69) is 31.2 Å². The number of nitrogens with one attached hydrogen (secondary N) is 1. The summed E-state index contributed by atoms with van der Waals surface area (Å²) in [5, 5.41) is 7.62. The van der Waals surface area contributed by atoms with Crippen LogP contribution < -0.4 is 5.32 Å². The van der Waals surface area contributed by atoms with Crippen molar-refractivity contribution in [2.45, 2.75) is 25.4 Å². The molecule has 16 heavy (non-hydrogen) atoms. The summed E-state index contributed by atoms with van der Waals surface area (Å²) >= 11 is 3.55. The first kappa shape index (κ1) is 12.1. The lowest BCUT2D eigenvalue weighted by Gasteiger charge is -2.32. The number of hydrogen-bond acceptors (Lipinski definition) is 3. The van der Waals surface area contributed by atoms with Gasteiger partial charge < -0.3 is 5.32 Å². The molecule has 1 aromatic heterocycles. The largest absolute Gasteiger partial charge is 0.316 e. The van der Waals surface area contributed by atoms with Gasteiger partial charge in [-0.1, -0.05) is 0 Å². The molecule has 0 radical (unpaired) electrons. The summed E-state index contributed by atoms with van der Waals surface area (Å²) in [6.45, 7) is 3.30. The van der Waals surface area contributed by atoms with Gasteiger partial charge in [-0.2, -0.15) is 5.10 Å². The summed E-state index contributed by atoms with van der Waals surface area (Å²) in [6.07, 6.45) is 4.44. The molecule has 0 bridgehead atoms. The summed E-state index contributed by atoms with van der Waals surface area (Å²) in [4.78, 5) is 2.49. The molecule has 1 aliphatic heterocycles. The molecule has 1 N–H and O–H groups in total. The molecule has 0 saturated carbocycles. The quantitative estimate of drug-likeness (QED) is 0.911. The van der Waals surface area contributed by atoms with Crippen LogP contribution in [-0.2, 0) is 13.6 Å². The zero-order valence-electron chi connectivity index (χ0n) is 9.91. The van der Waals surface area contributed by atoms with Gasteiger partial charge in [0.15, 0.2) is 0 Å². The minimum atomic E-state index is 0.640. The predicted octanol–water partition coefficient (Wildman–Crippen LogP) is 1.37. The highest BCUT2D eigenvalue weighted by Gasteiger charge is 2.20. The second kappa shape index (κ2) is 5.29. The van der Waals surface area contributed by atoms with Crippen LogP contribution in [0.15, 0.2) is 10.7 Å². The second-order valence-electron chi connectivity index (χ2n) is 4.43. The number of nitrogens with zero attached hydrogens (tertiary/aromatic N) is 3. The van der Waals surface area contributed by atoms with E-state index >= 15 is 0 Å². The highest BCUT2D eigenvalue weighted by atomic mass is 79.9. The van der Waals surface area contributed by atoms with Crippen LogP contribution in [0, 0.1) is 0 Å². The SMILES string of the molecule is CNC1CCCN(Cc2c(Br)cnn2C)C1. The van der Waals surface area contributed by atoms with E-state index in [1.807, 2.05) is 25.0 Å². The minimum Gasteiger partial charge on any atom is -0.316 e. The molecule has 1 atom stereocenters. The molecule has 1 fully saturated rings.